The van der Waals surface area contributed by atoms with Crippen LogP contribution >= 0.6 is 0 Å². The molecular weight excluding hydrogens is 224 g/mol. The predicted molar refractivity (Wildman–Crippen MR) is 75.5 cm³/mol. The van der Waals surface area contributed by atoms with E-state index < -0.39 is 5.97 Å². The summed E-state index contributed by atoms with van der Waals surface area (Å²) < 4.78 is 0. The van der Waals surface area contributed by atoms with Crippen molar-refractivity contribution in [1.82, 2.24) is 0 Å². The van der Waals surface area contributed by atoms with Crippen molar-refractivity contribution in [3.63, 3.8) is 0 Å². The standard InChI is InChI=1S/C16H28O2/c1-6-14(11(2)15(17)18)12-7-9-13(10-8-12)16(3,4)5/h12-13H,6-10H2,1-5H3,(H,17,18). The summed E-state index contributed by atoms with van der Waals surface area (Å²) in [7, 11) is 0. The molecule has 0 saturated heterocycles. The quantitative estimate of drug-likeness (QED) is 0.742. The molecule has 1 N–H and O–H groups in total. The molecule has 18 heavy (non-hydrogen) atoms. The molecular formula is C16H28O2. The average molecular weight is 252 g/mol. The number of carbonyl (C=O) groups is 1. The summed E-state index contributed by atoms with van der Waals surface area (Å²) in [5.74, 6) is 0.548. The van der Waals surface area contributed by atoms with Crippen LogP contribution in [0.2, 0.25) is 0 Å². The highest BCUT2D eigenvalue weighted by Gasteiger charge is 2.31. The van der Waals surface area contributed by atoms with Crippen LogP contribution in [0.1, 0.15) is 66.7 Å². The van der Waals surface area contributed by atoms with E-state index in [4.69, 9.17) is 5.11 Å². The van der Waals surface area contributed by atoms with Crippen molar-refractivity contribution in [1.29, 1.82) is 0 Å². The second-order valence-electron chi connectivity index (χ2n) is 6.72. The third kappa shape index (κ3) is 3.60. The second-order valence-corrected chi connectivity index (χ2v) is 6.72. The lowest BCUT2D eigenvalue weighted by Gasteiger charge is -2.38. The van der Waals surface area contributed by atoms with Crippen molar-refractivity contribution in [2.24, 2.45) is 17.3 Å². The molecule has 0 spiro atoms. The Bertz CT molecular complexity index is 325. The van der Waals surface area contributed by atoms with Gasteiger partial charge >= 0.3 is 5.97 Å². The van der Waals surface area contributed by atoms with E-state index in [0.717, 1.165) is 25.2 Å². The molecule has 0 aromatic heterocycles. The molecule has 0 amide bonds. The van der Waals surface area contributed by atoms with E-state index in [1.54, 1.807) is 6.92 Å². The Balaban J connectivity index is 2.73. The lowest BCUT2D eigenvalue weighted by Crippen LogP contribution is -2.27. The molecule has 0 aliphatic heterocycles. The van der Waals surface area contributed by atoms with Gasteiger partial charge in [0.05, 0.1) is 0 Å². The summed E-state index contributed by atoms with van der Waals surface area (Å²) in [6.45, 7) is 10.8. The van der Waals surface area contributed by atoms with Gasteiger partial charge in [0.1, 0.15) is 0 Å². The van der Waals surface area contributed by atoms with Gasteiger partial charge in [0, 0.05) is 5.57 Å². The van der Waals surface area contributed by atoms with Gasteiger partial charge in [-0.3, -0.25) is 0 Å². The Morgan fingerprint density at radius 1 is 1.17 bits per heavy atom. The second kappa shape index (κ2) is 5.90. The van der Waals surface area contributed by atoms with Crippen LogP contribution in [0.3, 0.4) is 0 Å². The highest BCUT2D eigenvalue weighted by atomic mass is 16.4. The molecule has 1 saturated carbocycles. The summed E-state index contributed by atoms with van der Waals surface area (Å²) in [5.41, 5.74) is 2.15. The van der Waals surface area contributed by atoms with Crippen LogP contribution in [0.5, 0.6) is 0 Å². The number of hydrogen-bond donors (Lipinski definition) is 1. The normalized spacial score (nSPS) is 26.7. The minimum absolute atomic E-state index is 0.392. The number of aliphatic carboxylic acids is 1. The highest BCUT2D eigenvalue weighted by Crippen LogP contribution is 2.42. The van der Waals surface area contributed by atoms with Gasteiger partial charge in [0.2, 0.25) is 0 Å². The van der Waals surface area contributed by atoms with E-state index in [9.17, 15) is 4.79 Å². The Hall–Kier alpha value is -0.790. The summed E-state index contributed by atoms with van der Waals surface area (Å²) in [5, 5.41) is 9.14. The maximum absolute atomic E-state index is 11.1. The summed E-state index contributed by atoms with van der Waals surface area (Å²) in [6.07, 6.45) is 5.68. The van der Waals surface area contributed by atoms with E-state index in [-0.39, 0.29) is 0 Å². The van der Waals surface area contributed by atoms with E-state index in [1.165, 1.54) is 18.4 Å². The zero-order valence-corrected chi connectivity index (χ0v) is 12.5. The molecule has 0 bridgehead atoms. The summed E-state index contributed by atoms with van der Waals surface area (Å²) in [6, 6.07) is 0. The molecule has 0 unspecified atom stereocenters. The van der Waals surface area contributed by atoms with Gasteiger partial charge in [0.25, 0.3) is 0 Å². The maximum atomic E-state index is 11.1. The molecule has 1 rings (SSSR count). The average Bonchev–Trinajstić information content (AvgIpc) is 2.29. The van der Waals surface area contributed by atoms with Gasteiger partial charge in [-0.1, -0.05) is 33.3 Å². The number of rotatable bonds is 3. The molecule has 1 aliphatic rings. The fourth-order valence-electron chi connectivity index (χ4n) is 3.31. The lowest BCUT2D eigenvalue weighted by molar-refractivity contribution is -0.132. The number of allylic oxidation sites excluding steroid dienone is 1. The Labute approximate surface area is 111 Å². The Morgan fingerprint density at radius 3 is 2.00 bits per heavy atom. The number of hydrogen-bond acceptors (Lipinski definition) is 1. The molecule has 0 heterocycles. The first-order valence-electron chi connectivity index (χ1n) is 7.20. The summed E-state index contributed by atoms with van der Waals surface area (Å²) >= 11 is 0. The Kier molecular flexibility index (Phi) is 5.01. The maximum Gasteiger partial charge on any atom is 0.331 e. The largest absolute Gasteiger partial charge is 0.478 e. The third-order valence-electron chi connectivity index (χ3n) is 4.63. The van der Waals surface area contributed by atoms with Crippen molar-refractivity contribution in [2.75, 3.05) is 0 Å². The topological polar surface area (TPSA) is 37.3 Å². The van der Waals surface area contributed by atoms with Gasteiger partial charge in [-0.2, -0.15) is 0 Å². The van der Waals surface area contributed by atoms with Gasteiger partial charge in [-0.25, -0.2) is 4.79 Å². The van der Waals surface area contributed by atoms with E-state index in [2.05, 4.69) is 27.7 Å². The first kappa shape index (κ1) is 15.3. The number of carboxylic acid groups (broad SMARTS) is 1. The van der Waals surface area contributed by atoms with Crippen LogP contribution in [0, 0.1) is 17.3 Å². The van der Waals surface area contributed by atoms with E-state index in [1.807, 2.05) is 0 Å². The number of carboxylic acids is 1. The van der Waals surface area contributed by atoms with Crippen LogP contribution in [0.25, 0.3) is 0 Å². The monoisotopic (exact) mass is 252 g/mol. The van der Waals surface area contributed by atoms with Crippen molar-refractivity contribution >= 4 is 5.97 Å². The molecule has 0 aromatic rings. The minimum atomic E-state index is -0.746. The van der Waals surface area contributed by atoms with Crippen molar-refractivity contribution in [2.45, 2.75) is 66.7 Å². The van der Waals surface area contributed by atoms with Gasteiger partial charge < -0.3 is 5.11 Å². The zero-order valence-electron chi connectivity index (χ0n) is 12.5. The highest BCUT2D eigenvalue weighted by molar-refractivity contribution is 5.86. The first-order chi connectivity index (χ1) is 8.27. The smallest absolute Gasteiger partial charge is 0.331 e. The van der Waals surface area contributed by atoms with Crippen molar-refractivity contribution in [3.05, 3.63) is 11.1 Å². The van der Waals surface area contributed by atoms with E-state index in [0.29, 0.717) is 16.9 Å². The lowest BCUT2D eigenvalue weighted by atomic mass is 9.68. The van der Waals surface area contributed by atoms with Crippen LogP contribution < -0.4 is 0 Å². The first-order valence-corrected chi connectivity index (χ1v) is 7.20. The van der Waals surface area contributed by atoms with Crippen LogP contribution in [-0.2, 0) is 4.79 Å². The summed E-state index contributed by atoms with van der Waals surface area (Å²) in [4.78, 5) is 11.1. The molecule has 0 aromatic carbocycles. The zero-order chi connectivity index (χ0) is 13.9. The molecule has 1 fully saturated rings. The van der Waals surface area contributed by atoms with Gasteiger partial charge in [-0.15, -0.1) is 0 Å². The molecule has 0 atom stereocenters. The van der Waals surface area contributed by atoms with Crippen molar-refractivity contribution < 1.29 is 9.90 Å². The van der Waals surface area contributed by atoms with Crippen molar-refractivity contribution in [3.8, 4) is 0 Å². The molecule has 2 nitrogen and oxygen atoms in total. The van der Waals surface area contributed by atoms with Gasteiger partial charge in [0.15, 0.2) is 0 Å². The van der Waals surface area contributed by atoms with Crippen LogP contribution in [-0.4, -0.2) is 11.1 Å². The molecule has 1 aliphatic carbocycles. The third-order valence-corrected chi connectivity index (χ3v) is 4.63. The van der Waals surface area contributed by atoms with E-state index >= 15 is 0 Å². The SMILES string of the molecule is CCC(=C(C)C(=O)O)C1CCC(C(C)(C)C)CC1. The minimum Gasteiger partial charge on any atom is -0.478 e. The molecule has 2 heteroatoms. The fraction of sp³-hybridized carbons (Fsp3) is 0.812. The fourth-order valence-corrected chi connectivity index (χ4v) is 3.31. The van der Waals surface area contributed by atoms with Crippen LogP contribution in [0.4, 0.5) is 0 Å². The molecule has 0 radical (unpaired) electrons. The molecule has 104 valence electrons. The Morgan fingerprint density at radius 2 is 1.67 bits per heavy atom. The van der Waals surface area contributed by atoms with Crippen LogP contribution in [0.15, 0.2) is 11.1 Å². The predicted octanol–water partition coefficient (Wildman–Crippen LogP) is 4.65. The van der Waals surface area contributed by atoms with Gasteiger partial charge in [-0.05, 0) is 56.3 Å².